The zero-order valence-corrected chi connectivity index (χ0v) is 24.1. The summed E-state index contributed by atoms with van der Waals surface area (Å²) in [7, 11) is 0. The Morgan fingerprint density at radius 1 is 0.614 bits per heavy atom. The van der Waals surface area contributed by atoms with Crippen LogP contribution >= 0.6 is 0 Å². The van der Waals surface area contributed by atoms with Crippen molar-refractivity contribution in [3.05, 3.63) is 167 Å². The Morgan fingerprint density at radius 2 is 1.25 bits per heavy atom. The van der Waals surface area contributed by atoms with Gasteiger partial charge in [0.1, 0.15) is 5.84 Å². The van der Waals surface area contributed by atoms with E-state index >= 15 is 8.78 Å². The van der Waals surface area contributed by atoms with Gasteiger partial charge in [0.15, 0.2) is 5.84 Å². The summed E-state index contributed by atoms with van der Waals surface area (Å²) in [6.07, 6.45) is 0. The Morgan fingerprint density at radius 3 is 2.05 bits per heavy atom. The van der Waals surface area contributed by atoms with Crippen LogP contribution in [-0.4, -0.2) is 11.7 Å². The van der Waals surface area contributed by atoms with Crippen molar-refractivity contribution in [2.75, 3.05) is 0 Å². The van der Waals surface area contributed by atoms with E-state index in [2.05, 4.69) is 0 Å². The van der Waals surface area contributed by atoms with Crippen molar-refractivity contribution in [2.45, 2.75) is 18.9 Å². The van der Waals surface area contributed by atoms with Crippen LogP contribution in [0.2, 0.25) is 0 Å². The van der Waals surface area contributed by atoms with E-state index in [0.717, 1.165) is 38.6 Å². The van der Waals surface area contributed by atoms with E-state index in [9.17, 15) is 0 Å². The van der Waals surface area contributed by atoms with Crippen LogP contribution in [-0.2, 0) is 5.92 Å². The van der Waals surface area contributed by atoms with E-state index in [4.69, 9.17) is 15.7 Å². The summed E-state index contributed by atoms with van der Waals surface area (Å²) in [6.45, 7) is 2.04. The normalized spacial score (nSPS) is 14.7. The minimum atomic E-state index is -3.03. The second-order valence-electron chi connectivity index (χ2n) is 11.1. The number of alkyl halides is 2. The zero-order valence-electron chi connectivity index (χ0n) is 24.1. The average Bonchev–Trinajstić information content (AvgIpc) is 3.30. The summed E-state index contributed by atoms with van der Waals surface area (Å²) < 4.78 is 30.8. The third-order valence-electron chi connectivity index (χ3n) is 8.24. The lowest BCUT2D eigenvalue weighted by molar-refractivity contribution is 0.0480. The highest BCUT2D eigenvalue weighted by atomic mass is 19.3. The molecule has 0 saturated carbocycles. The van der Waals surface area contributed by atoms with Gasteiger partial charge in [-0.05, 0) is 63.7 Å². The second kappa shape index (κ2) is 11.0. The van der Waals surface area contributed by atoms with E-state index in [1.54, 1.807) is 30.3 Å². The van der Waals surface area contributed by atoms with Gasteiger partial charge in [-0.1, -0.05) is 121 Å². The highest BCUT2D eigenvalue weighted by Crippen LogP contribution is 2.51. The molecule has 0 fully saturated rings. The van der Waals surface area contributed by atoms with E-state index in [1.165, 1.54) is 6.07 Å². The van der Waals surface area contributed by atoms with Gasteiger partial charge in [-0.15, -0.1) is 0 Å². The maximum atomic E-state index is 15.4. The Labute approximate surface area is 255 Å². The van der Waals surface area contributed by atoms with Gasteiger partial charge >= 0.3 is 0 Å². The topological polar surface area (TPSA) is 50.7 Å². The highest BCUT2D eigenvalue weighted by Gasteiger charge is 2.44. The fourth-order valence-electron chi connectivity index (χ4n) is 5.86. The van der Waals surface area contributed by atoms with Crippen LogP contribution in [0.4, 0.5) is 8.78 Å². The summed E-state index contributed by atoms with van der Waals surface area (Å²) in [5, 5.41) is 1.95. The first-order chi connectivity index (χ1) is 21.4. The third-order valence-corrected chi connectivity index (χ3v) is 8.24. The number of nitrogens with zero attached hydrogens (tertiary/aromatic N) is 2. The van der Waals surface area contributed by atoms with Crippen molar-refractivity contribution >= 4 is 22.4 Å². The molecule has 1 unspecified atom stereocenters. The summed E-state index contributed by atoms with van der Waals surface area (Å²) in [5.41, 5.74) is 12.2. The van der Waals surface area contributed by atoms with Gasteiger partial charge in [-0.2, -0.15) is 8.78 Å². The molecule has 1 aliphatic carbocycles. The monoisotopic (exact) mass is 577 g/mol. The minimum absolute atomic E-state index is 0.0406. The molecule has 3 nitrogen and oxygen atoms in total. The van der Waals surface area contributed by atoms with Gasteiger partial charge in [-0.3, -0.25) is 4.99 Å². The zero-order chi connectivity index (χ0) is 30.3. The van der Waals surface area contributed by atoms with Crippen LogP contribution in [0.5, 0.6) is 0 Å². The molecule has 0 aromatic heterocycles. The standard InChI is InChI=1S/C39H29F2N3/c1-25(26-10-4-2-5-11-26)43-38(28-12-6-3-7-13-28)44-37(42)31-19-17-27-16-18-29(22-32(27)23-31)30-20-21-34-33-14-8-9-15-35(33)39(40,41)36(34)24-30/h2-25H,1H3,(H2,42,43,44). The molecule has 0 amide bonds. The van der Waals surface area contributed by atoms with Gasteiger partial charge in [0, 0.05) is 22.3 Å². The predicted octanol–water partition coefficient (Wildman–Crippen LogP) is 9.54. The first kappa shape index (κ1) is 27.4. The minimum Gasteiger partial charge on any atom is -0.383 e. The Bertz CT molecular complexity index is 2070. The number of amidine groups is 2. The molecule has 214 valence electrons. The number of hydrogen-bond donors (Lipinski definition) is 1. The molecule has 0 aliphatic heterocycles. The van der Waals surface area contributed by atoms with Crippen LogP contribution in [0.15, 0.2) is 150 Å². The van der Waals surface area contributed by atoms with Crippen molar-refractivity contribution in [3.63, 3.8) is 0 Å². The smallest absolute Gasteiger partial charge is 0.299 e. The lowest BCUT2D eigenvalue weighted by Crippen LogP contribution is -2.16. The molecule has 1 aliphatic rings. The van der Waals surface area contributed by atoms with Crippen LogP contribution in [0.1, 0.15) is 40.8 Å². The van der Waals surface area contributed by atoms with Crippen LogP contribution in [0.3, 0.4) is 0 Å². The van der Waals surface area contributed by atoms with E-state index in [0.29, 0.717) is 22.8 Å². The predicted molar refractivity (Wildman–Crippen MR) is 176 cm³/mol. The first-order valence-corrected chi connectivity index (χ1v) is 14.6. The van der Waals surface area contributed by atoms with Gasteiger partial charge in [0.2, 0.25) is 0 Å². The Hall–Kier alpha value is -5.42. The number of halogens is 2. The number of aliphatic imine (C=N–C) groups is 2. The molecule has 0 bridgehead atoms. The van der Waals surface area contributed by atoms with Gasteiger partial charge < -0.3 is 5.73 Å². The molecule has 5 heteroatoms. The Kier molecular flexibility index (Phi) is 6.86. The highest BCUT2D eigenvalue weighted by molar-refractivity contribution is 6.12. The first-order valence-electron chi connectivity index (χ1n) is 14.6. The van der Waals surface area contributed by atoms with Crippen molar-refractivity contribution in [3.8, 4) is 22.3 Å². The molecule has 1 atom stereocenters. The number of fused-ring (bicyclic) bond motifs is 4. The maximum Gasteiger partial charge on any atom is 0.299 e. The summed E-state index contributed by atoms with van der Waals surface area (Å²) in [6, 6.07) is 43.7. The molecule has 7 rings (SSSR count). The molecular formula is C39H29F2N3. The van der Waals surface area contributed by atoms with Crippen molar-refractivity contribution in [1.82, 2.24) is 0 Å². The van der Waals surface area contributed by atoms with Crippen LogP contribution in [0, 0.1) is 0 Å². The number of nitrogens with two attached hydrogens (primary N) is 1. The van der Waals surface area contributed by atoms with Crippen LogP contribution in [0.25, 0.3) is 33.0 Å². The van der Waals surface area contributed by atoms with Crippen molar-refractivity contribution < 1.29 is 8.78 Å². The lowest BCUT2D eigenvalue weighted by Gasteiger charge is -2.13. The molecule has 6 aromatic rings. The Balaban J connectivity index is 1.25. The fourth-order valence-corrected chi connectivity index (χ4v) is 5.86. The SMILES string of the molecule is CC(N=C(N=C(N)c1ccc2ccc(-c3ccc4c(c3)C(F)(F)c3ccccc3-4)cc2c1)c1ccccc1)c1ccccc1. The molecule has 44 heavy (non-hydrogen) atoms. The maximum absolute atomic E-state index is 15.4. The fraction of sp³-hybridized carbons (Fsp3) is 0.0769. The molecule has 0 radical (unpaired) electrons. The van der Waals surface area contributed by atoms with Crippen LogP contribution < -0.4 is 5.73 Å². The molecule has 0 spiro atoms. The van der Waals surface area contributed by atoms with Gasteiger partial charge in [0.25, 0.3) is 5.92 Å². The molecule has 0 heterocycles. The second-order valence-corrected chi connectivity index (χ2v) is 11.1. The largest absolute Gasteiger partial charge is 0.383 e. The summed E-state index contributed by atoms with van der Waals surface area (Å²) >= 11 is 0. The molecule has 6 aromatic carbocycles. The number of rotatable bonds is 5. The van der Waals surface area contributed by atoms with Gasteiger partial charge in [-0.25, -0.2) is 4.99 Å². The average molecular weight is 578 g/mol. The summed E-state index contributed by atoms with van der Waals surface area (Å²) in [4.78, 5) is 9.75. The molecule has 2 N–H and O–H groups in total. The van der Waals surface area contributed by atoms with Gasteiger partial charge in [0.05, 0.1) is 6.04 Å². The van der Waals surface area contributed by atoms with Crippen molar-refractivity contribution in [2.24, 2.45) is 15.7 Å². The lowest BCUT2D eigenvalue weighted by atomic mass is 9.96. The quantitative estimate of drug-likeness (QED) is 0.161. The summed E-state index contributed by atoms with van der Waals surface area (Å²) in [5.74, 6) is -2.14. The van der Waals surface area contributed by atoms with E-state index in [-0.39, 0.29) is 17.2 Å². The van der Waals surface area contributed by atoms with Crippen molar-refractivity contribution in [1.29, 1.82) is 0 Å². The van der Waals surface area contributed by atoms with E-state index < -0.39 is 5.92 Å². The number of benzene rings is 6. The molecular weight excluding hydrogens is 548 g/mol. The number of hydrogen-bond acceptors (Lipinski definition) is 1. The molecule has 0 saturated heterocycles. The third kappa shape index (κ3) is 4.96. The van der Waals surface area contributed by atoms with E-state index in [1.807, 2.05) is 110 Å².